The van der Waals surface area contributed by atoms with E-state index in [1.54, 1.807) is 30.3 Å². The third kappa shape index (κ3) is 5.51. The van der Waals surface area contributed by atoms with Crippen LogP contribution in [0.3, 0.4) is 0 Å². The van der Waals surface area contributed by atoms with E-state index in [2.05, 4.69) is 5.10 Å². The van der Waals surface area contributed by atoms with Gasteiger partial charge in [-0.2, -0.15) is 35.7 Å². The minimum atomic E-state index is -6.07. The highest BCUT2D eigenvalue weighted by molar-refractivity contribution is 7.90. The highest BCUT2D eigenvalue weighted by atomic mass is 35.5. The molecule has 1 aliphatic carbocycles. The number of aliphatic hydroxyl groups is 1. The van der Waals surface area contributed by atoms with Crippen LogP contribution in [0.25, 0.3) is 0 Å². The van der Waals surface area contributed by atoms with E-state index >= 15 is 0 Å². The molecule has 2 aromatic carbocycles. The Morgan fingerprint density at radius 2 is 1.51 bits per heavy atom. The highest BCUT2D eigenvalue weighted by Gasteiger charge is 2.74. The van der Waals surface area contributed by atoms with E-state index in [0.717, 1.165) is 10.7 Å². The van der Waals surface area contributed by atoms with E-state index in [9.17, 15) is 39.9 Å². The maximum absolute atomic E-state index is 13.7. The first-order valence-corrected chi connectivity index (χ1v) is 14.8. The van der Waals surface area contributed by atoms with Crippen LogP contribution < -0.4 is 9.91 Å². The number of alkyl halides is 6. The fourth-order valence-corrected chi connectivity index (χ4v) is 7.32. The number of hydrogen-bond acceptors (Lipinski definition) is 6. The Hall–Kier alpha value is -2.55. The fraction of sp³-hybridized carbons (Fsp3) is 0.500. The van der Waals surface area contributed by atoms with Gasteiger partial charge in [0.25, 0.3) is 5.60 Å². The first-order valence-electron chi connectivity index (χ1n) is 13.0. The molecule has 1 saturated heterocycles. The summed E-state index contributed by atoms with van der Waals surface area (Å²) >= 11 is 6.24. The van der Waals surface area contributed by atoms with Crippen LogP contribution in [0, 0.1) is 0 Å². The third-order valence-corrected chi connectivity index (χ3v) is 10.4. The van der Waals surface area contributed by atoms with E-state index in [4.69, 9.17) is 11.6 Å². The quantitative estimate of drug-likeness (QED) is 0.429. The Bertz CT molecular complexity index is 1400. The summed E-state index contributed by atoms with van der Waals surface area (Å²) in [6.45, 7) is 1.72. The second-order valence-electron chi connectivity index (χ2n) is 10.3. The predicted octanol–water partition coefficient (Wildman–Crippen LogP) is 5.51. The van der Waals surface area contributed by atoms with Crippen LogP contribution in [-0.2, 0) is 10.0 Å². The molecule has 1 saturated carbocycles. The SMILES string of the molecule is O=S(=O)(C1CC1)N1CCCN(c2ccc(C3CC(C(O)(C(F)(F)F)C(F)(F)F)=NN3c3ccccc3Cl)cc2)CC1. The van der Waals surface area contributed by atoms with Crippen molar-refractivity contribution in [2.45, 2.75) is 54.9 Å². The molecule has 3 aliphatic rings. The summed E-state index contributed by atoms with van der Waals surface area (Å²) in [4.78, 5) is 1.99. The smallest absolute Gasteiger partial charge is 0.370 e. The van der Waals surface area contributed by atoms with Crippen LogP contribution in [0.2, 0.25) is 5.02 Å². The van der Waals surface area contributed by atoms with Crippen LogP contribution in [0.5, 0.6) is 0 Å². The van der Waals surface area contributed by atoms with Crippen molar-refractivity contribution < 1.29 is 39.9 Å². The second kappa shape index (κ2) is 10.6. The molecule has 1 atom stereocenters. The average molecular weight is 625 g/mol. The van der Waals surface area contributed by atoms with Crippen molar-refractivity contribution in [1.29, 1.82) is 0 Å². The zero-order valence-electron chi connectivity index (χ0n) is 21.5. The molecule has 1 unspecified atom stereocenters. The molecular formula is C26H27ClF6N4O3S. The van der Waals surface area contributed by atoms with Crippen LogP contribution in [0.15, 0.2) is 53.6 Å². The number of hydrazone groups is 1. The Balaban J connectivity index is 1.42. The molecule has 2 heterocycles. The molecule has 0 amide bonds. The molecule has 224 valence electrons. The van der Waals surface area contributed by atoms with Crippen molar-refractivity contribution in [2.24, 2.45) is 5.10 Å². The van der Waals surface area contributed by atoms with Gasteiger partial charge in [0.2, 0.25) is 10.0 Å². The summed E-state index contributed by atoms with van der Waals surface area (Å²) in [5.41, 5.74) is -5.48. The molecule has 0 radical (unpaired) electrons. The number of benzene rings is 2. The number of nitrogens with zero attached hydrogens (tertiary/aromatic N) is 4. The van der Waals surface area contributed by atoms with Gasteiger partial charge in [-0.05, 0) is 49.1 Å². The van der Waals surface area contributed by atoms with Gasteiger partial charge in [-0.25, -0.2) is 8.42 Å². The summed E-state index contributed by atoms with van der Waals surface area (Å²) in [6, 6.07) is 11.3. The molecule has 2 aliphatic heterocycles. The molecule has 2 fully saturated rings. The number of hydrogen-bond donors (Lipinski definition) is 1. The van der Waals surface area contributed by atoms with E-state index in [-0.39, 0.29) is 16.0 Å². The summed E-state index contributed by atoms with van der Waals surface area (Å²) < 4.78 is 109. The molecule has 7 nitrogen and oxygen atoms in total. The van der Waals surface area contributed by atoms with E-state index in [1.807, 2.05) is 4.90 Å². The van der Waals surface area contributed by atoms with Crippen molar-refractivity contribution in [3.63, 3.8) is 0 Å². The number of sulfonamides is 1. The summed E-state index contributed by atoms with van der Waals surface area (Å²) in [6.07, 6.45) is -11.1. The Labute approximate surface area is 238 Å². The minimum absolute atomic E-state index is 0.0527. The fourth-order valence-electron chi connectivity index (χ4n) is 5.23. The first-order chi connectivity index (χ1) is 19.1. The Morgan fingerprint density at radius 3 is 2.10 bits per heavy atom. The lowest BCUT2D eigenvalue weighted by Gasteiger charge is -2.32. The number of para-hydroxylation sites is 1. The normalized spacial score (nSPS) is 21.7. The molecule has 15 heteroatoms. The zero-order valence-corrected chi connectivity index (χ0v) is 23.1. The average Bonchev–Trinajstić information content (AvgIpc) is 3.71. The van der Waals surface area contributed by atoms with Gasteiger partial charge in [-0.15, -0.1) is 0 Å². The number of rotatable bonds is 6. The van der Waals surface area contributed by atoms with Crippen LogP contribution in [-0.4, -0.2) is 72.9 Å². The maximum Gasteiger partial charge on any atom is 0.431 e. The van der Waals surface area contributed by atoms with Crippen molar-refractivity contribution in [3.8, 4) is 0 Å². The van der Waals surface area contributed by atoms with Crippen LogP contribution >= 0.6 is 11.6 Å². The minimum Gasteiger partial charge on any atom is -0.370 e. The Kier molecular flexibility index (Phi) is 7.75. The summed E-state index contributed by atoms with van der Waals surface area (Å²) in [7, 11) is -3.31. The third-order valence-electron chi connectivity index (χ3n) is 7.65. The zero-order chi connectivity index (χ0) is 29.8. The highest BCUT2D eigenvalue weighted by Crippen LogP contribution is 2.49. The molecule has 0 spiro atoms. The van der Waals surface area contributed by atoms with Gasteiger partial charge in [-0.1, -0.05) is 35.9 Å². The monoisotopic (exact) mass is 624 g/mol. The molecular weight excluding hydrogens is 598 g/mol. The standard InChI is InChI=1S/C26H27ClF6N4O3S/c27-20-4-1-2-5-21(20)37-22(16-23(34-37)24(38,25(28,29)30)26(31,32)33)17-6-8-18(9-7-17)35-12-3-13-36(15-14-35)41(39,40)19-10-11-19/h1-2,4-9,19,22,38H,3,10-16H2. The first kappa shape index (κ1) is 29.9. The molecule has 41 heavy (non-hydrogen) atoms. The van der Waals surface area contributed by atoms with Crippen molar-refractivity contribution in [1.82, 2.24) is 4.31 Å². The summed E-state index contributed by atoms with van der Waals surface area (Å²) in [5.74, 6) is 0. The van der Waals surface area contributed by atoms with E-state index in [0.29, 0.717) is 51.0 Å². The van der Waals surface area contributed by atoms with Gasteiger partial charge in [0, 0.05) is 38.3 Å². The van der Waals surface area contributed by atoms with Crippen molar-refractivity contribution in [2.75, 3.05) is 36.1 Å². The number of halogens is 7. The lowest BCUT2D eigenvalue weighted by atomic mass is 9.90. The van der Waals surface area contributed by atoms with Crippen LogP contribution in [0.4, 0.5) is 37.7 Å². The van der Waals surface area contributed by atoms with Crippen molar-refractivity contribution in [3.05, 3.63) is 59.1 Å². The topological polar surface area (TPSA) is 76.5 Å². The van der Waals surface area contributed by atoms with Gasteiger partial charge in [-0.3, -0.25) is 5.01 Å². The van der Waals surface area contributed by atoms with Gasteiger partial charge in [0.05, 0.1) is 27.7 Å². The molecule has 1 N–H and O–H groups in total. The largest absolute Gasteiger partial charge is 0.431 e. The molecule has 2 aromatic rings. The van der Waals surface area contributed by atoms with Crippen LogP contribution in [0.1, 0.15) is 37.3 Å². The van der Waals surface area contributed by atoms with Gasteiger partial charge < -0.3 is 10.0 Å². The van der Waals surface area contributed by atoms with Gasteiger partial charge in [0.15, 0.2) is 0 Å². The van der Waals surface area contributed by atoms with E-state index < -0.39 is 46.2 Å². The maximum atomic E-state index is 13.7. The summed E-state index contributed by atoms with van der Waals surface area (Å²) in [5, 5.41) is 14.4. The lowest BCUT2D eigenvalue weighted by molar-refractivity contribution is -0.338. The molecule has 5 rings (SSSR count). The lowest BCUT2D eigenvalue weighted by Crippen LogP contribution is -2.62. The predicted molar refractivity (Wildman–Crippen MR) is 143 cm³/mol. The van der Waals surface area contributed by atoms with Gasteiger partial charge in [0.1, 0.15) is 0 Å². The van der Waals surface area contributed by atoms with E-state index in [1.165, 1.54) is 22.5 Å². The number of anilines is 2. The van der Waals surface area contributed by atoms with Gasteiger partial charge >= 0.3 is 12.4 Å². The Morgan fingerprint density at radius 1 is 0.878 bits per heavy atom. The molecule has 0 aromatic heterocycles. The van der Waals surface area contributed by atoms with Crippen molar-refractivity contribution >= 4 is 38.7 Å². The molecule has 0 bridgehead atoms. The second-order valence-corrected chi connectivity index (χ2v) is 13.0.